The molecule has 3 N–H and O–H groups in total. The highest BCUT2D eigenvalue weighted by Crippen LogP contribution is 2.34. The van der Waals surface area contributed by atoms with Crippen molar-refractivity contribution in [2.75, 3.05) is 25.9 Å². The number of halogens is 3. The molecule has 5 aromatic rings. The van der Waals surface area contributed by atoms with Gasteiger partial charge in [-0.1, -0.05) is 30.5 Å². The van der Waals surface area contributed by atoms with Crippen LogP contribution in [0.1, 0.15) is 24.6 Å². The Labute approximate surface area is 266 Å². The van der Waals surface area contributed by atoms with Crippen LogP contribution in [0.5, 0.6) is 0 Å². The lowest BCUT2D eigenvalue weighted by Crippen LogP contribution is -2.26. The second-order valence-corrected chi connectivity index (χ2v) is 14.8. The topological polar surface area (TPSA) is 85.5 Å². The van der Waals surface area contributed by atoms with Crippen molar-refractivity contribution < 1.29 is 13.2 Å². The molecule has 0 radical (unpaired) electrons. The Kier molecular flexibility index (Phi) is 8.49. The predicted octanol–water partition coefficient (Wildman–Crippen LogP) is 7.47. The number of nitrogens with zero attached hydrogens (tertiary/aromatic N) is 4. The molecule has 5 heterocycles. The van der Waals surface area contributed by atoms with Crippen molar-refractivity contribution in [1.29, 1.82) is 0 Å². The number of H-pyrrole nitrogens is 2. The number of hydrogen-bond acceptors (Lipinski definition) is 5. The Hall–Kier alpha value is -4.45. The Morgan fingerprint density at radius 3 is 2.70 bits per heavy atom. The van der Waals surface area contributed by atoms with Gasteiger partial charge in [0, 0.05) is 43.2 Å². The molecular formula is C35H36F3N7S. The van der Waals surface area contributed by atoms with Crippen LogP contribution in [0.3, 0.4) is 0 Å². The summed E-state index contributed by atoms with van der Waals surface area (Å²) < 4.78 is 45.6. The van der Waals surface area contributed by atoms with E-state index < -0.39 is 15.3 Å². The fraction of sp³-hybridized carbons (Fsp3) is 0.229. The first-order chi connectivity index (χ1) is 21.9. The van der Waals surface area contributed by atoms with Gasteiger partial charge in [0.25, 0.3) is 5.92 Å². The predicted molar refractivity (Wildman–Crippen MR) is 187 cm³/mol. The van der Waals surface area contributed by atoms with Gasteiger partial charge in [0.15, 0.2) is 0 Å². The summed E-state index contributed by atoms with van der Waals surface area (Å²) in [5, 5.41) is 8.51. The molecule has 6 rings (SSSR count). The van der Waals surface area contributed by atoms with Crippen molar-refractivity contribution in [3.05, 3.63) is 96.2 Å². The molecule has 1 fully saturated rings. The quantitative estimate of drug-likeness (QED) is 0.109. The minimum absolute atomic E-state index is 0.129. The largest absolute Gasteiger partial charge is 0.352 e. The third-order valence-electron chi connectivity index (χ3n) is 7.97. The number of benzene rings is 1. The summed E-state index contributed by atoms with van der Waals surface area (Å²) in [5.41, 5.74) is 8.21. The van der Waals surface area contributed by atoms with E-state index in [2.05, 4.69) is 43.2 Å². The van der Waals surface area contributed by atoms with Gasteiger partial charge in [-0.3, -0.25) is 19.7 Å². The minimum Gasteiger partial charge on any atom is -0.352 e. The number of aromatic amines is 2. The van der Waals surface area contributed by atoms with Gasteiger partial charge in [-0.2, -0.15) is 14.5 Å². The monoisotopic (exact) mass is 643 g/mol. The van der Waals surface area contributed by atoms with Crippen LogP contribution in [0.4, 0.5) is 13.2 Å². The van der Waals surface area contributed by atoms with Crippen molar-refractivity contribution in [3.63, 3.8) is 0 Å². The van der Waals surface area contributed by atoms with Crippen LogP contribution < -0.4 is 4.72 Å². The van der Waals surface area contributed by atoms with Gasteiger partial charge >= 0.3 is 0 Å². The molecule has 0 atom stereocenters. The molecule has 0 aliphatic carbocycles. The Morgan fingerprint density at radius 2 is 1.98 bits per heavy atom. The summed E-state index contributed by atoms with van der Waals surface area (Å²) in [6.07, 6.45) is 10.9. The van der Waals surface area contributed by atoms with E-state index >= 15 is 0 Å². The van der Waals surface area contributed by atoms with Crippen LogP contribution >= 0.6 is 9.39 Å². The first-order valence-electron chi connectivity index (χ1n) is 14.8. The van der Waals surface area contributed by atoms with Crippen molar-refractivity contribution in [1.82, 2.24) is 34.8 Å². The molecule has 7 nitrogen and oxygen atoms in total. The summed E-state index contributed by atoms with van der Waals surface area (Å²) in [5.74, 6) is 5.09. The van der Waals surface area contributed by atoms with Crippen molar-refractivity contribution in [2.45, 2.75) is 25.8 Å². The van der Waals surface area contributed by atoms with Crippen LogP contribution in [0.15, 0.2) is 79.2 Å². The first kappa shape index (κ1) is 31.5. The SMILES string of the molecule is C=C/C(=C\C(=C/C)c1ccc2[nH]nc(-c3cc4c(-c5cc(F)cc(CNS(=C)(=C)C)c5)cncc4[nH]3)c2n1)CN1CCC(F)(F)C1. The van der Waals surface area contributed by atoms with Crippen molar-refractivity contribution in [2.24, 2.45) is 0 Å². The zero-order valence-corrected chi connectivity index (χ0v) is 26.7. The van der Waals surface area contributed by atoms with Crippen LogP contribution in [0, 0.1) is 5.82 Å². The van der Waals surface area contributed by atoms with Crippen molar-refractivity contribution in [3.8, 4) is 22.5 Å². The summed E-state index contributed by atoms with van der Waals surface area (Å²) in [6, 6.07) is 10.8. The van der Waals surface area contributed by atoms with E-state index in [0.717, 1.165) is 44.4 Å². The first-order valence-corrected chi connectivity index (χ1v) is 17.2. The maximum absolute atomic E-state index is 14.8. The summed E-state index contributed by atoms with van der Waals surface area (Å²) in [7, 11) is -1.46. The van der Waals surface area contributed by atoms with Crippen LogP contribution in [-0.4, -0.2) is 73.6 Å². The smallest absolute Gasteiger partial charge is 0.261 e. The van der Waals surface area contributed by atoms with Gasteiger partial charge in [-0.15, -0.1) is 0 Å². The molecule has 4 aromatic heterocycles. The Balaban J connectivity index is 1.34. The fourth-order valence-corrected chi connectivity index (χ4v) is 6.21. The van der Waals surface area contributed by atoms with Crippen LogP contribution in [0.2, 0.25) is 0 Å². The molecule has 1 aliphatic heterocycles. The highest BCUT2D eigenvalue weighted by molar-refractivity contribution is 8.25. The third-order valence-corrected chi connectivity index (χ3v) is 8.81. The van der Waals surface area contributed by atoms with E-state index in [1.54, 1.807) is 23.4 Å². The summed E-state index contributed by atoms with van der Waals surface area (Å²) in [4.78, 5) is 14.5. The molecule has 0 unspecified atom stereocenters. The Bertz CT molecular complexity index is 2120. The highest BCUT2D eigenvalue weighted by Gasteiger charge is 2.38. The number of alkyl halides is 2. The number of allylic oxidation sites excluding steroid dienone is 3. The second-order valence-electron chi connectivity index (χ2n) is 11.9. The lowest BCUT2D eigenvalue weighted by molar-refractivity contribution is 0.0131. The molecule has 1 aromatic carbocycles. The Morgan fingerprint density at radius 1 is 1.15 bits per heavy atom. The fourth-order valence-electron chi connectivity index (χ4n) is 5.70. The zero-order valence-electron chi connectivity index (χ0n) is 25.8. The van der Waals surface area contributed by atoms with Gasteiger partial charge in [0.2, 0.25) is 0 Å². The molecule has 11 heteroatoms. The summed E-state index contributed by atoms with van der Waals surface area (Å²) in [6.45, 7) is 6.75. The molecule has 238 valence electrons. The van der Waals surface area contributed by atoms with Gasteiger partial charge < -0.3 is 4.98 Å². The van der Waals surface area contributed by atoms with E-state index in [1.165, 1.54) is 12.1 Å². The summed E-state index contributed by atoms with van der Waals surface area (Å²) >= 11 is 0. The van der Waals surface area contributed by atoms with Gasteiger partial charge in [0.1, 0.15) is 17.0 Å². The molecule has 0 bridgehead atoms. The normalized spacial score (nSPS) is 16.1. The number of aromatic nitrogens is 5. The lowest BCUT2D eigenvalue weighted by atomic mass is 10.0. The molecule has 46 heavy (non-hydrogen) atoms. The molecular weight excluding hydrogens is 607 g/mol. The number of nitrogens with one attached hydrogen (secondary N) is 3. The van der Waals surface area contributed by atoms with Gasteiger partial charge in [-0.25, -0.2) is 18.2 Å². The van der Waals surface area contributed by atoms with E-state index in [-0.39, 0.29) is 18.8 Å². The molecule has 0 amide bonds. The number of rotatable bonds is 10. The van der Waals surface area contributed by atoms with E-state index in [1.807, 2.05) is 49.6 Å². The van der Waals surface area contributed by atoms with E-state index in [4.69, 9.17) is 4.98 Å². The molecule has 1 aliphatic rings. The minimum atomic E-state index is -2.65. The number of hydrogen-bond donors (Lipinski definition) is 3. The highest BCUT2D eigenvalue weighted by atomic mass is 32.2. The van der Waals surface area contributed by atoms with E-state index in [0.29, 0.717) is 42.1 Å². The maximum atomic E-state index is 14.8. The van der Waals surface area contributed by atoms with Crippen LogP contribution in [-0.2, 0) is 6.54 Å². The number of likely N-dealkylation sites (tertiary alicyclic amines) is 1. The van der Waals surface area contributed by atoms with Gasteiger partial charge in [-0.05, 0) is 77.9 Å². The molecule has 1 saturated heterocycles. The number of pyridine rings is 2. The maximum Gasteiger partial charge on any atom is 0.261 e. The average Bonchev–Trinajstić information content (AvgIpc) is 3.72. The standard InChI is InChI=1S/C35H36F3N7S/c1-6-22(20-45-11-10-35(37,38)21-45)12-24(7-2)29-8-9-30-33(42-29)34(44-43-30)31-16-27-28(18-39-19-32(27)41-31)25-13-23(14-26(36)15-25)17-40-46(3,4)5/h6-9,12-16,18-19,40-41H,1,3-4,10-11,17,20-21H2,2,5H3,(H,43,44)/b22-12+,24-7+. The average molecular weight is 644 g/mol. The molecule has 0 saturated carbocycles. The number of fused-ring (bicyclic) bond motifs is 2. The van der Waals surface area contributed by atoms with E-state index in [9.17, 15) is 13.2 Å². The van der Waals surface area contributed by atoms with Crippen molar-refractivity contribution >= 4 is 48.6 Å². The van der Waals surface area contributed by atoms with Crippen LogP contribution in [0.25, 0.3) is 50.0 Å². The lowest BCUT2D eigenvalue weighted by Gasteiger charge is -2.16. The third kappa shape index (κ3) is 6.86. The van der Waals surface area contributed by atoms with Gasteiger partial charge in [0.05, 0.1) is 35.2 Å². The second kappa shape index (κ2) is 12.4. The zero-order chi connectivity index (χ0) is 32.6. The molecule has 0 spiro atoms.